The lowest BCUT2D eigenvalue weighted by atomic mass is 9.75. The molecule has 2 bridgehead atoms. The number of fused-ring (bicyclic) bond motifs is 2. The Hall–Kier alpha value is -3.15. The summed E-state index contributed by atoms with van der Waals surface area (Å²) in [5, 5.41) is 4.12. The highest BCUT2D eigenvalue weighted by Gasteiger charge is 2.53. The van der Waals surface area contributed by atoms with Crippen LogP contribution in [-0.4, -0.2) is 47.9 Å². The molecule has 0 aromatic heterocycles. The summed E-state index contributed by atoms with van der Waals surface area (Å²) in [5.74, 6) is 0. The monoisotopic (exact) mass is 498 g/mol. The van der Waals surface area contributed by atoms with E-state index in [1.54, 1.807) is 7.11 Å². The molecular weight excluding hydrogens is 460 g/mol. The van der Waals surface area contributed by atoms with E-state index in [9.17, 15) is 4.79 Å². The maximum absolute atomic E-state index is 13.4. The van der Waals surface area contributed by atoms with Crippen LogP contribution in [-0.2, 0) is 15.0 Å². The standard InChI is InChI=1S/C32H38N2O3/c1-31(2,3)37-30(35)34-26-20-21-27(34)29(28(22-26)36-4)33-32(23-14-8-5-9-15-23,24-16-10-6-11-17-24)25-18-12-7-13-19-25/h5-19,26-29,33H,20-22H2,1-4H3/t26-,27-,28-,29+/m1/s1. The number of ether oxygens (including phenoxy) is 2. The van der Waals surface area contributed by atoms with Crippen LogP contribution in [0.1, 0.15) is 56.7 Å². The number of hydrogen-bond acceptors (Lipinski definition) is 4. The van der Waals surface area contributed by atoms with Crippen molar-refractivity contribution in [3.8, 4) is 0 Å². The fourth-order valence-electron chi connectivity index (χ4n) is 6.25. The molecule has 4 atom stereocenters. The van der Waals surface area contributed by atoms with Gasteiger partial charge in [0, 0.05) is 13.2 Å². The summed E-state index contributed by atoms with van der Waals surface area (Å²) >= 11 is 0. The van der Waals surface area contributed by atoms with E-state index in [-0.39, 0.29) is 30.3 Å². The number of carbonyl (C=O) groups is 1. The maximum Gasteiger partial charge on any atom is 0.410 e. The van der Waals surface area contributed by atoms with Gasteiger partial charge in [0.1, 0.15) is 5.60 Å². The fraction of sp³-hybridized carbons (Fsp3) is 0.406. The molecule has 1 N–H and O–H groups in total. The molecule has 0 spiro atoms. The van der Waals surface area contributed by atoms with E-state index in [0.29, 0.717) is 0 Å². The Labute approximate surface area is 220 Å². The molecule has 5 rings (SSSR count). The number of piperidine rings is 1. The lowest BCUT2D eigenvalue weighted by molar-refractivity contribution is -0.0423. The van der Waals surface area contributed by atoms with Gasteiger partial charge in [-0.2, -0.15) is 0 Å². The fourth-order valence-corrected chi connectivity index (χ4v) is 6.25. The van der Waals surface area contributed by atoms with E-state index in [2.05, 4.69) is 96.3 Å². The van der Waals surface area contributed by atoms with Gasteiger partial charge < -0.3 is 14.4 Å². The molecule has 0 radical (unpaired) electrons. The lowest BCUT2D eigenvalue weighted by Crippen LogP contribution is -2.66. The van der Waals surface area contributed by atoms with Gasteiger partial charge in [-0.1, -0.05) is 91.0 Å². The largest absolute Gasteiger partial charge is 0.444 e. The van der Waals surface area contributed by atoms with Gasteiger partial charge in [0.15, 0.2) is 0 Å². The van der Waals surface area contributed by atoms with Gasteiger partial charge in [-0.25, -0.2) is 4.79 Å². The second-order valence-corrected chi connectivity index (χ2v) is 11.2. The number of benzene rings is 3. The smallest absolute Gasteiger partial charge is 0.410 e. The van der Waals surface area contributed by atoms with Crippen molar-refractivity contribution < 1.29 is 14.3 Å². The van der Waals surface area contributed by atoms with Crippen molar-refractivity contribution in [3.05, 3.63) is 108 Å². The number of nitrogens with one attached hydrogen (secondary N) is 1. The summed E-state index contributed by atoms with van der Waals surface area (Å²) in [4.78, 5) is 15.4. The van der Waals surface area contributed by atoms with E-state index in [1.165, 1.54) is 0 Å². The van der Waals surface area contributed by atoms with Gasteiger partial charge in [-0.05, 0) is 56.7 Å². The number of methoxy groups -OCH3 is 1. The van der Waals surface area contributed by atoms with Crippen LogP contribution in [0.5, 0.6) is 0 Å². The van der Waals surface area contributed by atoms with Gasteiger partial charge in [-0.3, -0.25) is 5.32 Å². The van der Waals surface area contributed by atoms with Crippen LogP contribution in [0.3, 0.4) is 0 Å². The van der Waals surface area contributed by atoms with Gasteiger partial charge in [0.05, 0.1) is 23.7 Å². The first-order chi connectivity index (χ1) is 17.8. The molecule has 0 saturated carbocycles. The van der Waals surface area contributed by atoms with Gasteiger partial charge in [0.2, 0.25) is 0 Å². The van der Waals surface area contributed by atoms with Crippen molar-refractivity contribution in [1.29, 1.82) is 0 Å². The van der Waals surface area contributed by atoms with Crippen LogP contribution in [0.2, 0.25) is 0 Å². The van der Waals surface area contributed by atoms with E-state index in [0.717, 1.165) is 36.0 Å². The predicted octanol–water partition coefficient (Wildman–Crippen LogP) is 6.12. The van der Waals surface area contributed by atoms with Crippen LogP contribution >= 0.6 is 0 Å². The van der Waals surface area contributed by atoms with Gasteiger partial charge in [0.25, 0.3) is 0 Å². The summed E-state index contributed by atoms with van der Waals surface area (Å²) < 4.78 is 12.0. The zero-order chi connectivity index (χ0) is 26.0. The van der Waals surface area contributed by atoms with Gasteiger partial charge in [-0.15, -0.1) is 0 Å². The average molecular weight is 499 g/mol. The molecule has 2 aliphatic heterocycles. The molecular formula is C32H38N2O3. The molecule has 37 heavy (non-hydrogen) atoms. The lowest BCUT2D eigenvalue weighted by Gasteiger charge is -2.49. The molecule has 3 aromatic carbocycles. The summed E-state index contributed by atoms with van der Waals surface area (Å²) in [6.45, 7) is 5.78. The third kappa shape index (κ3) is 4.90. The number of amides is 1. The van der Waals surface area contributed by atoms with Crippen molar-refractivity contribution in [3.63, 3.8) is 0 Å². The molecule has 5 nitrogen and oxygen atoms in total. The van der Waals surface area contributed by atoms with E-state index in [4.69, 9.17) is 9.47 Å². The number of rotatable bonds is 6. The van der Waals surface area contributed by atoms with E-state index >= 15 is 0 Å². The second-order valence-electron chi connectivity index (χ2n) is 11.2. The summed E-state index contributed by atoms with van der Waals surface area (Å²) in [6, 6.07) is 31.8. The summed E-state index contributed by atoms with van der Waals surface area (Å²) in [6.07, 6.45) is 2.38. The minimum Gasteiger partial charge on any atom is -0.444 e. The Balaban J connectivity index is 1.64. The molecule has 2 heterocycles. The zero-order valence-electron chi connectivity index (χ0n) is 22.3. The first-order valence-corrected chi connectivity index (χ1v) is 13.3. The highest BCUT2D eigenvalue weighted by molar-refractivity contribution is 5.70. The van der Waals surface area contributed by atoms with E-state index in [1.807, 2.05) is 25.7 Å². The normalized spacial score (nSPS) is 23.6. The molecule has 2 saturated heterocycles. The quantitative estimate of drug-likeness (QED) is 0.416. The Morgan fingerprint density at radius 3 is 1.73 bits per heavy atom. The minimum absolute atomic E-state index is 0.0333. The Bertz CT molecular complexity index is 1080. The van der Waals surface area contributed by atoms with E-state index < -0.39 is 11.1 Å². The first-order valence-electron chi connectivity index (χ1n) is 13.3. The van der Waals surface area contributed by atoms with Crippen molar-refractivity contribution in [1.82, 2.24) is 10.2 Å². The molecule has 194 valence electrons. The highest BCUT2D eigenvalue weighted by Crippen LogP contribution is 2.43. The minimum atomic E-state index is -0.639. The molecule has 3 aromatic rings. The van der Waals surface area contributed by atoms with Crippen molar-refractivity contribution >= 4 is 6.09 Å². The average Bonchev–Trinajstić information content (AvgIpc) is 3.24. The molecule has 0 aliphatic carbocycles. The first kappa shape index (κ1) is 25.5. The molecule has 2 fully saturated rings. The van der Waals surface area contributed by atoms with Crippen LogP contribution in [0.15, 0.2) is 91.0 Å². The Morgan fingerprint density at radius 1 is 0.811 bits per heavy atom. The van der Waals surface area contributed by atoms with Crippen LogP contribution < -0.4 is 5.32 Å². The van der Waals surface area contributed by atoms with Crippen LogP contribution in [0.4, 0.5) is 4.79 Å². The molecule has 2 aliphatic rings. The second kappa shape index (κ2) is 10.3. The Kier molecular flexibility index (Phi) is 7.11. The third-order valence-corrected chi connectivity index (χ3v) is 7.78. The van der Waals surface area contributed by atoms with Gasteiger partial charge >= 0.3 is 6.09 Å². The Morgan fingerprint density at radius 2 is 1.30 bits per heavy atom. The predicted molar refractivity (Wildman–Crippen MR) is 146 cm³/mol. The topological polar surface area (TPSA) is 50.8 Å². The van der Waals surface area contributed by atoms with Crippen molar-refractivity contribution in [2.24, 2.45) is 0 Å². The number of hydrogen-bond donors (Lipinski definition) is 1. The number of carbonyl (C=O) groups excluding carboxylic acids is 1. The van der Waals surface area contributed by atoms with Crippen LogP contribution in [0.25, 0.3) is 0 Å². The molecule has 0 unspecified atom stereocenters. The molecule has 5 heteroatoms. The summed E-state index contributed by atoms with van der Waals surface area (Å²) in [5.41, 5.74) is 2.25. The van der Waals surface area contributed by atoms with Crippen LogP contribution in [0, 0.1) is 0 Å². The number of nitrogens with zero attached hydrogens (tertiary/aromatic N) is 1. The third-order valence-electron chi connectivity index (χ3n) is 7.78. The SMILES string of the molecule is CO[C@@H]1C[C@H]2CC[C@H]([C@@H]1NC(c1ccccc1)(c1ccccc1)c1ccccc1)N2C(=O)OC(C)(C)C. The summed E-state index contributed by atoms with van der Waals surface area (Å²) in [7, 11) is 1.79. The van der Waals surface area contributed by atoms with Crippen molar-refractivity contribution in [2.45, 2.75) is 75.4 Å². The zero-order valence-corrected chi connectivity index (χ0v) is 22.3. The highest BCUT2D eigenvalue weighted by atomic mass is 16.6. The maximum atomic E-state index is 13.4. The van der Waals surface area contributed by atoms with Crippen molar-refractivity contribution in [2.75, 3.05) is 7.11 Å². The molecule has 1 amide bonds.